The third kappa shape index (κ3) is 1.43. The molecule has 1 aliphatic heterocycles. The number of oxazole rings is 1. The Bertz CT molecular complexity index is 687. The van der Waals surface area contributed by atoms with Crippen LogP contribution in [-0.2, 0) is 4.79 Å². The van der Waals surface area contributed by atoms with E-state index in [1.165, 1.54) is 4.57 Å². The number of nitrogens with one attached hydrogen (secondary N) is 2. The second-order valence-corrected chi connectivity index (χ2v) is 3.92. The Morgan fingerprint density at radius 1 is 1.29 bits per heavy atom. The number of carbonyl (C=O) groups is 2. The summed E-state index contributed by atoms with van der Waals surface area (Å²) in [6.45, 7) is 0. The van der Waals surface area contributed by atoms with Crippen molar-refractivity contribution in [2.24, 2.45) is 0 Å². The van der Waals surface area contributed by atoms with Gasteiger partial charge in [0.05, 0.1) is 5.52 Å². The highest BCUT2D eigenvalue weighted by molar-refractivity contribution is 7.71. The molecule has 0 saturated carbocycles. The summed E-state index contributed by atoms with van der Waals surface area (Å²) >= 11 is 5.05. The van der Waals surface area contributed by atoms with Gasteiger partial charge in [-0.2, -0.15) is 0 Å². The highest BCUT2D eigenvalue weighted by Crippen LogP contribution is 2.21. The molecule has 1 atom stereocenters. The minimum atomic E-state index is -0.848. The Morgan fingerprint density at radius 3 is 2.76 bits per heavy atom. The minimum Gasteiger partial charge on any atom is -0.429 e. The first-order valence-electron chi connectivity index (χ1n) is 4.88. The van der Waals surface area contributed by atoms with Gasteiger partial charge in [-0.15, -0.1) is 0 Å². The maximum atomic E-state index is 11.6. The maximum absolute atomic E-state index is 11.6. The molecule has 0 radical (unpaired) electrons. The highest BCUT2D eigenvalue weighted by atomic mass is 32.1. The van der Waals surface area contributed by atoms with Gasteiger partial charge in [-0.1, -0.05) is 12.1 Å². The van der Waals surface area contributed by atoms with Crippen LogP contribution in [0.2, 0.25) is 0 Å². The van der Waals surface area contributed by atoms with Crippen molar-refractivity contribution in [2.45, 2.75) is 6.17 Å². The smallest absolute Gasteiger partial charge is 0.323 e. The molecule has 1 aliphatic rings. The molecule has 1 saturated heterocycles. The van der Waals surface area contributed by atoms with Gasteiger partial charge in [-0.25, -0.2) is 4.79 Å². The number of carbonyl (C=O) groups excluding carboxylic acids is 2. The number of amides is 3. The first kappa shape index (κ1) is 10.0. The predicted molar refractivity (Wildman–Crippen MR) is 60.7 cm³/mol. The Morgan fingerprint density at radius 2 is 2.06 bits per heavy atom. The van der Waals surface area contributed by atoms with E-state index < -0.39 is 18.1 Å². The van der Waals surface area contributed by atoms with E-state index in [4.69, 9.17) is 16.6 Å². The van der Waals surface area contributed by atoms with E-state index in [1.807, 2.05) is 0 Å². The zero-order chi connectivity index (χ0) is 12.0. The Balaban J connectivity index is 2.24. The van der Waals surface area contributed by atoms with Gasteiger partial charge < -0.3 is 9.73 Å². The first-order chi connectivity index (χ1) is 8.16. The van der Waals surface area contributed by atoms with Crippen LogP contribution in [0.1, 0.15) is 6.17 Å². The van der Waals surface area contributed by atoms with Crippen molar-refractivity contribution in [1.29, 1.82) is 0 Å². The van der Waals surface area contributed by atoms with Crippen LogP contribution in [0.4, 0.5) is 4.79 Å². The summed E-state index contributed by atoms with van der Waals surface area (Å²) < 4.78 is 6.82. The summed E-state index contributed by atoms with van der Waals surface area (Å²) in [5.41, 5.74) is 1.24. The Labute approximate surface area is 100 Å². The van der Waals surface area contributed by atoms with E-state index in [2.05, 4.69) is 10.6 Å². The largest absolute Gasteiger partial charge is 0.429 e. The molecule has 86 valence electrons. The zero-order valence-corrected chi connectivity index (χ0v) is 9.28. The fourth-order valence-electron chi connectivity index (χ4n) is 1.82. The SMILES string of the molecule is O=C1NC(=O)C(n2c(=S)oc3ccccc32)N1. The lowest BCUT2D eigenvalue weighted by Crippen LogP contribution is -2.26. The lowest BCUT2D eigenvalue weighted by Gasteiger charge is -2.08. The molecule has 0 bridgehead atoms. The zero-order valence-electron chi connectivity index (χ0n) is 8.47. The van der Waals surface area contributed by atoms with E-state index >= 15 is 0 Å². The molecule has 0 spiro atoms. The van der Waals surface area contributed by atoms with E-state index in [1.54, 1.807) is 24.3 Å². The Hall–Kier alpha value is -2.15. The normalized spacial score (nSPS) is 19.4. The summed E-state index contributed by atoms with van der Waals surface area (Å²) in [6.07, 6.45) is -0.848. The molecule has 7 heteroatoms. The number of urea groups is 1. The maximum Gasteiger partial charge on any atom is 0.323 e. The number of fused-ring (bicyclic) bond motifs is 1. The number of nitrogens with zero attached hydrogens (tertiary/aromatic N) is 1. The van der Waals surface area contributed by atoms with E-state index in [0.717, 1.165) is 0 Å². The molecule has 3 rings (SSSR count). The summed E-state index contributed by atoms with van der Waals surface area (Å²) in [5, 5.41) is 4.62. The third-order valence-corrected chi connectivity index (χ3v) is 2.81. The van der Waals surface area contributed by atoms with Gasteiger partial charge in [0.1, 0.15) is 0 Å². The molecule has 1 unspecified atom stereocenters. The molecule has 1 fully saturated rings. The van der Waals surface area contributed by atoms with Crippen LogP contribution >= 0.6 is 12.2 Å². The van der Waals surface area contributed by atoms with Crippen LogP contribution < -0.4 is 10.6 Å². The number of hydrogen-bond donors (Lipinski definition) is 2. The predicted octanol–water partition coefficient (Wildman–Crippen LogP) is 1.30. The molecule has 2 N–H and O–H groups in total. The lowest BCUT2D eigenvalue weighted by molar-refractivity contribution is -0.121. The molecule has 1 aromatic carbocycles. The first-order valence-corrected chi connectivity index (χ1v) is 5.29. The van der Waals surface area contributed by atoms with Crippen molar-refractivity contribution in [1.82, 2.24) is 15.2 Å². The van der Waals surface area contributed by atoms with Gasteiger partial charge in [0.15, 0.2) is 11.7 Å². The quantitative estimate of drug-likeness (QED) is 0.590. The van der Waals surface area contributed by atoms with Crippen LogP contribution in [0.15, 0.2) is 28.7 Å². The summed E-state index contributed by atoms with van der Waals surface area (Å²) in [7, 11) is 0. The molecule has 2 aromatic rings. The van der Waals surface area contributed by atoms with Crippen molar-refractivity contribution in [3.8, 4) is 0 Å². The van der Waals surface area contributed by atoms with Gasteiger partial charge in [0.25, 0.3) is 10.7 Å². The van der Waals surface area contributed by atoms with Crippen molar-refractivity contribution >= 4 is 35.3 Å². The van der Waals surface area contributed by atoms with Gasteiger partial charge in [0.2, 0.25) is 0 Å². The van der Waals surface area contributed by atoms with Crippen LogP contribution in [-0.4, -0.2) is 16.5 Å². The molecule has 3 amide bonds. The average Bonchev–Trinajstić information content (AvgIpc) is 2.77. The molecule has 0 aliphatic carbocycles. The van der Waals surface area contributed by atoms with E-state index in [-0.39, 0.29) is 4.84 Å². The second-order valence-electron chi connectivity index (χ2n) is 3.57. The fourth-order valence-corrected chi connectivity index (χ4v) is 2.11. The molecule has 1 aromatic heterocycles. The van der Waals surface area contributed by atoms with Crippen molar-refractivity contribution in [3.63, 3.8) is 0 Å². The van der Waals surface area contributed by atoms with E-state index in [0.29, 0.717) is 11.1 Å². The number of aromatic nitrogens is 1. The standard InChI is InChI=1S/C10H7N3O3S/c14-8-7(11-9(15)12-8)13-5-3-1-2-4-6(5)16-10(13)17/h1-4,7H,(H2,11,12,14,15). The molecule has 2 heterocycles. The second kappa shape index (κ2) is 3.42. The van der Waals surface area contributed by atoms with Gasteiger partial charge >= 0.3 is 6.03 Å². The monoisotopic (exact) mass is 249 g/mol. The summed E-state index contributed by atoms with van der Waals surface area (Å²) in [6, 6.07) is 6.59. The van der Waals surface area contributed by atoms with Crippen LogP contribution in [0, 0.1) is 4.84 Å². The number of para-hydroxylation sites is 2. The van der Waals surface area contributed by atoms with Crippen LogP contribution in [0.5, 0.6) is 0 Å². The number of imide groups is 1. The van der Waals surface area contributed by atoms with E-state index in [9.17, 15) is 9.59 Å². The average molecular weight is 249 g/mol. The van der Waals surface area contributed by atoms with Gasteiger partial charge in [-0.05, 0) is 24.4 Å². The number of hydrogen-bond acceptors (Lipinski definition) is 4. The third-order valence-electron chi connectivity index (χ3n) is 2.53. The minimum absolute atomic E-state index is 0.147. The van der Waals surface area contributed by atoms with Crippen molar-refractivity contribution in [3.05, 3.63) is 29.1 Å². The van der Waals surface area contributed by atoms with Gasteiger partial charge in [-0.3, -0.25) is 14.7 Å². The Kier molecular flexibility index (Phi) is 2.02. The molecular formula is C10H7N3O3S. The number of rotatable bonds is 1. The van der Waals surface area contributed by atoms with Gasteiger partial charge in [0, 0.05) is 0 Å². The summed E-state index contributed by atoms with van der Waals surface area (Å²) in [4.78, 5) is 22.8. The topological polar surface area (TPSA) is 76.3 Å². The van der Waals surface area contributed by atoms with Crippen LogP contribution in [0.25, 0.3) is 11.1 Å². The lowest BCUT2D eigenvalue weighted by atomic mass is 10.3. The summed E-state index contributed by atoms with van der Waals surface area (Å²) in [5.74, 6) is -0.447. The van der Waals surface area contributed by atoms with Crippen molar-refractivity contribution < 1.29 is 14.0 Å². The fraction of sp³-hybridized carbons (Fsp3) is 0.100. The van der Waals surface area contributed by atoms with Crippen molar-refractivity contribution in [2.75, 3.05) is 0 Å². The van der Waals surface area contributed by atoms with Crippen LogP contribution in [0.3, 0.4) is 0 Å². The molecule has 17 heavy (non-hydrogen) atoms. The molecule has 6 nitrogen and oxygen atoms in total. The number of benzene rings is 1. The highest BCUT2D eigenvalue weighted by Gasteiger charge is 2.32. The molecular weight excluding hydrogens is 242 g/mol.